The van der Waals surface area contributed by atoms with E-state index in [-0.39, 0.29) is 0 Å². The molecule has 1 nitrogen and oxygen atoms in total. The number of nitrogens with zero attached hydrogens (tertiary/aromatic N) is 1. The van der Waals surface area contributed by atoms with E-state index in [0.717, 1.165) is 12.8 Å². The fraction of sp³-hybridized carbons (Fsp3) is 0.268. The SMILES string of the molecule is CCc1ccc(C)cc1.CCc1ccc(N(c2ccc(C)cc2)c2cccc3c2CC3)cc1.Cc1ccc2c(c1)CC2. The highest BCUT2D eigenvalue weighted by molar-refractivity contribution is 5.80. The molecule has 0 aromatic heterocycles. The average Bonchev–Trinajstić information content (AvgIpc) is 2.98. The Morgan fingerprint density at radius 3 is 1.45 bits per heavy atom. The first kappa shape index (κ1) is 29.4. The average molecular weight is 552 g/mol. The van der Waals surface area contributed by atoms with Crippen LogP contribution in [0.25, 0.3) is 0 Å². The van der Waals surface area contributed by atoms with Crippen molar-refractivity contribution in [3.8, 4) is 0 Å². The maximum Gasteiger partial charge on any atom is 0.0496 e. The quantitative estimate of drug-likeness (QED) is 0.210. The molecule has 7 rings (SSSR count). The Kier molecular flexibility index (Phi) is 9.59. The van der Waals surface area contributed by atoms with Crippen molar-refractivity contribution in [3.05, 3.63) is 159 Å². The Labute approximate surface area is 253 Å². The fourth-order valence-electron chi connectivity index (χ4n) is 5.59. The van der Waals surface area contributed by atoms with Crippen molar-refractivity contribution in [3.63, 3.8) is 0 Å². The van der Waals surface area contributed by atoms with Crippen LogP contribution in [0.5, 0.6) is 0 Å². The Morgan fingerprint density at radius 1 is 0.476 bits per heavy atom. The number of fused-ring (bicyclic) bond motifs is 2. The van der Waals surface area contributed by atoms with Gasteiger partial charge < -0.3 is 4.90 Å². The molecule has 0 unspecified atom stereocenters. The minimum absolute atomic E-state index is 1.07. The zero-order valence-electron chi connectivity index (χ0n) is 26.1. The third-order valence-electron chi connectivity index (χ3n) is 8.58. The standard InChI is InChI=1S/C23H23N.C9H10.C9H12/c1-3-18-9-14-21(15-10-18)24(20-12-7-17(2)8-13-20)23-6-4-5-19-11-16-22(19)23;1-7-2-3-8-4-5-9(8)6-7;1-3-9-6-4-8(2)5-7-9/h4-10,12-15H,3,11,16H2,1-2H3;2-3,6H,4-5H2,1H3;4-7H,3H2,1-2H3. The molecule has 5 aromatic rings. The van der Waals surface area contributed by atoms with Crippen LogP contribution in [0.4, 0.5) is 17.1 Å². The van der Waals surface area contributed by atoms with Gasteiger partial charge in [-0.25, -0.2) is 0 Å². The summed E-state index contributed by atoms with van der Waals surface area (Å²) in [6.45, 7) is 10.8. The summed E-state index contributed by atoms with van der Waals surface area (Å²) in [6.07, 6.45) is 7.21. The summed E-state index contributed by atoms with van der Waals surface area (Å²) < 4.78 is 0. The van der Waals surface area contributed by atoms with Crippen LogP contribution in [0.2, 0.25) is 0 Å². The van der Waals surface area contributed by atoms with Gasteiger partial charge in [0.2, 0.25) is 0 Å². The monoisotopic (exact) mass is 551 g/mol. The second kappa shape index (κ2) is 13.7. The second-order valence-corrected chi connectivity index (χ2v) is 11.7. The molecule has 42 heavy (non-hydrogen) atoms. The molecule has 0 fully saturated rings. The van der Waals surface area contributed by atoms with E-state index in [0.29, 0.717) is 0 Å². The van der Waals surface area contributed by atoms with E-state index in [1.165, 1.54) is 81.7 Å². The molecule has 0 heterocycles. The van der Waals surface area contributed by atoms with Gasteiger partial charge in [0, 0.05) is 17.1 Å². The molecule has 1 heteroatoms. The summed E-state index contributed by atoms with van der Waals surface area (Å²) in [6, 6.07) is 39.9. The van der Waals surface area contributed by atoms with E-state index >= 15 is 0 Å². The number of benzene rings is 5. The van der Waals surface area contributed by atoms with Gasteiger partial charge in [0.25, 0.3) is 0 Å². The first-order valence-corrected chi connectivity index (χ1v) is 15.7. The van der Waals surface area contributed by atoms with Crippen LogP contribution in [-0.4, -0.2) is 0 Å². The van der Waals surface area contributed by atoms with Crippen LogP contribution in [0.1, 0.15) is 63.9 Å². The minimum atomic E-state index is 1.07. The highest BCUT2D eigenvalue weighted by Crippen LogP contribution is 2.41. The molecule has 5 aromatic carbocycles. The maximum atomic E-state index is 2.40. The third kappa shape index (κ3) is 7.02. The van der Waals surface area contributed by atoms with Gasteiger partial charge in [0.15, 0.2) is 0 Å². The molecule has 0 spiro atoms. The van der Waals surface area contributed by atoms with Crippen LogP contribution in [0, 0.1) is 20.8 Å². The number of anilines is 3. The summed E-state index contributed by atoms with van der Waals surface area (Å²) in [4.78, 5) is 2.40. The second-order valence-electron chi connectivity index (χ2n) is 11.7. The number of aryl methyl sites for hydroxylation is 8. The molecule has 0 atom stereocenters. The third-order valence-corrected chi connectivity index (χ3v) is 8.58. The van der Waals surface area contributed by atoms with Gasteiger partial charge in [-0.05, 0) is 123 Å². The van der Waals surface area contributed by atoms with E-state index in [1.807, 2.05) is 0 Å². The summed E-state index contributed by atoms with van der Waals surface area (Å²) in [5, 5.41) is 0. The van der Waals surface area contributed by atoms with E-state index in [2.05, 4.69) is 149 Å². The van der Waals surface area contributed by atoms with Gasteiger partial charge in [0.1, 0.15) is 0 Å². The predicted octanol–water partition coefficient (Wildman–Crippen LogP) is 10.8. The van der Waals surface area contributed by atoms with Gasteiger partial charge in [0.05, 0.1) is 0 Å². The normalized spacial score (nSPS) is 12.2. The summed E-state index contributed by atoms with van der Waals surface area (Å²) in [7, 11) is 0. The molecular formula is C41H45N. The molecule has 0 aliphatic heterocycles. The lowest BCUT2D eigenvalue weighted by Crippen LogP contribution is -2.18. The van der Waals surface area contributed by atoms with E-state index in [1.54, 1.807) is 11.1 Å². The van der Waals surface area contributed by atoms with Gasteiger partial charge in [-0.3, -0.25) is 0 Å². The van der Waals surface area contributed by atoms with Crippen LogP contribution in [0.15, 0.2) is 109 Å². The van der Waals surface area contributed by atoms with Crippen molar-refractivity contribution in [2.45, 2.75) is 73.1 Å². The topological polar surface area (TPSA) is 3.24 Å². The van der Waals surface area contributed by atoms with Crippen molar-refractivity contribution in [2.75, 3.05) is 4.90 Å². The Hall–Kier alpha value is -4.10. The molecular weight excluding hydrogens is 506 g/mol. The number of hydrogen-bond donors (Lipinski definition) is 0. The Balaban J connectivity index is 0.000000159. The van der Waals surface area contributed by atoms with Crippen molar-refractivity contribution < 1.29 is 0 Å². The smallest absolute Gasteiger partial charge is 0.0496 e. The molecule has 0 saturated carbocycles. The summed E-state index contributed by atoms with van der Waals surface area (Å²) >= 11 is 0. The number of rotatable bonds is 5. The molecule has 0 N–H and O–H groups in total. The van der Waals surface area contributed by atoms with Gasteiger partial charge in [-0.2, -0.15) is 0 Å². The van der Waals surface area contributed by atoms with Crippen molar-refractivity contribution in [1.82, 2.24) is 0 Å². The summed E-state index contributed by atoms with van der Waals surface area (Å²) in [5.41, 5.74) is 16.7. The van der Waals surface area contributed by atoms with Gasteiger partial charge in [-0.15, -0.1) is 0 Å². The zero-order chi connectivity index (χ0) is 29.5. The van der Waals surface area contributed by atoms with Crippen LogP contribution in [-0.2, 0) is 38.5 Å². The predicted molar refractivity (Wildman–Crippen MR) is 182 cm³/mol. The van der Waals surface area contributed by atoms with Gasteiger partial charge >= 0.3 is 0 Å². The Morgan fingerprint density at radius 2 is 0.976 bits per heavy atom. The molecule has 0 radical (unpaired) electrons. The molecule has 2 aliphatic rings. The lowest BCUT2D eigenvalue weighted by molar-refractivity contribution is 0.837. The van der Waals surface area contributed by atoms with Gasteiger partial charge in [-0.1, -0.05) is 109 Å². The molecule has 214 valence electrons. The number of hydrogen-bond acceptors (Lipinski definition) is 1. The minimum Gasteiger partial charge on any atom is -0.310 e. The van der Waals surface area contributed by atoms with Crippen molar-refractivity contribution >= 4 is 17.1 Å². The van der Waals surface area contributed by atoms with Crippen LogP contribution in [0.3, 0.4) is 0 Å². The summed E-state index contributed by atoms with van der Waals surface area (Å²) in [5.74, 6) is 0. The molecule has 2 aliphatic carbocycles. The zero-order valence-corrected chi connectivity index (χ0v) is 26.1. The van der Waals surface area contributed by atoms with Crippen molar-refractivity contribution in [1.29, 1.82) is 0 Å². The van der Waals surface area contributed by atoms with E-state index in [9.17, 15) is 0 Å². The van der Waals surface area contributed by atoms with Crippen LogP contribution >= 0.6 is 0 Å². The largest absolute Gasteiger partial charge is 0.310 e. The van der Waals surface area contributed by atoms with E-state index in [4.69, 9.17) is 0 Å². The molecule has 0 amide bonds. The lowest BCUT2D eigenvalue weighted by Gasteiger charge is -2.32. The maximum absolute atomic E-state index is 2.40. The lowest BCUT2D eigenvalue weighted by atomic mass is 9.86. The van der Waals surface area contributed by atoms with E-state index < -0.39 is 0 Å². The first-order valence-electron chi connectivity index (χ1n) is 15.7. The van der Waals surface area contributed by atoms with Crippen molar-refractivity contribution in [2.24, 2.45) is 0 Å². The highest BCUT2D eigenvalue weighted by atomic mass is 15.1. The fourth-order valence-corrected chi connectivity index (χ4v) is 5.59. The molecule has 0 saturated heterocycles. The highest BCUT2D eigenvalue weighted by Gasteiger charge is 2.22. The molecule has 0 bridgehead atoms. The Bertz CT molecular complexity index is 1590. The first-order chi connectivity index (χ1) is 20.4. The van der Waals surface area contributed by atoms with Crippen LogP contribution < -0.4 is 4.90 Å².